The zero-order valence-electron chi connectivity index (χ0n) is 12.7. The third kappa shape index (κ3) is 2.55. The standard InChI is InChI=1S/C19H16N2O2/c1-3-5-15(19(4-2)21(22)23)14-7-6-13-8-9-18-16(10-11-20-18)17(13)12-14/h3-12,20H,2H2,1H3/b5-3-,19-15-. The van der Waals surface area contributed by atoms with E-state index in [1.54, 1.807) is 12.2 Å². The Kier molecular flexibility index (Phi) is 3.81. The number of rotatable bonds is 4. The predicted octanol–water partition coefficient (Wildman–Crippen LogP) is 5.07. The summed E-state index contributed by atoms with van der Waals surface area (Å²) < 4.78 is 0. The van der Waals surface area contributed by atoms with Crippen LogP contribution in [0.4, 0.5) is 0 Å². The minimum absolute atomic E-state index is 0.00342. The van der Waals surface area contributed by atoms with Crippen molar-refractivity contribution >= 4 is 27.2 Å². The normalized spacial score (nSPS) is 12.7. The first-order chi connectivity index (χ1) is 11.2. The van der Waals surface area contributed by atoms with Crippen LogP contribution in [0.5, 0.6) is 0 Å². The molecule has 1 aromatic heterocycles. The molecule has 1 N–H and O–H groups in total. The van der Waals surface area contributed by atoms with Crippen molar-refractivity contribution in [1.82, 2.24) is 4.98 Å². The largest absolute Gasteiger partial charge is 0.361 e. The molecule has 0 radical (unpaired) electrons. The number of nitrogens with one attached hydrogen (secondary N) is 1. The van der Waals surface area contributed by atoms with Gasteiger partial charge in [-0.05, 0) is 41.5 Å². The smallest absolute Gasteiger partial charge is 0.276 e. The van der Waals surface area contributed by atoms with Gasteiger partial charge in [0, 0.05) is 23.2 Å². The highest BCUT2D eigenvalue weighted by atomic mass is 16.6. The number of nitro groups is 1. The Bertz CT molecular complexity index is 977. The summed E-state index contributed by atoms with van der Waals surface area (Å²) in [6.45, 7) is 5.42. The fraction of sp³-hybridized carbons (Fsp3) is 0.0526. The highest BCUT2D eigenvalue weighted by Gasteiger charge is 2.15. The van der Waals surface area contributed by atoms with E-state index in [1.165, 1.54) is 6.08 Å². The number of H-pyrrole nitrogens is 1. The highest BCUT2D eigenvalue weighted by Crippen LogP contribution is 2.30. The van der Waals surface area contributed by atoms with Gasteiger partial charge in [-0.1, -0.05) is 36.9 Å². The van der Waals surface area contributed by atoms with E-state index < -0.39 is 4.92 Å². The molecule has 0 aliphatic heterocycles. The molecular formula is C19H16N2O2. The average molecular weight is 304 g/mol. The van der Waals surface area contributed by atoms with Gasteiger partial charge in [0.15, 0.2) is 0 Å². The molecule has 0 spiro atoms. The summed E-state index contributed by atoms with van der Waals surface area (Å²) in [6.07, 6.45) is 6.73. The molecule has 23 heavy (non-hydrogen) atoms. The number of hydrogen-bond donors (Lipinski definition) is 1. The molecule has 3 rings (SSSR count). The number of allylic oxidation sites excluding steroid dienone is 4. The molecule has 4 heteroatoms. The van der Waals surface area contributed by atoms with Gasteiger partial charge >= 0.3 is 0 Å². The van der Waals surface area contributed by atoms with E-state index in [2.05, 4.69) is 11.6 Å². The monoisotopic (exact) mass is 304 g/mol. The van der Waals surface area contributed by atoms with Crippen LogP contribution in [0.25, 0.3) is 27.2 Å². The first-order valence-electron chi connectivity index (χ1n) is 7.29. The summed E-state index contributed by atoms with van der Waals surface area (Å²) in [5, 5.41) is 14.6. The van der Waals surface area contributed by atoms with Gasteiger partial charge in [0.1, 0.15) is 0 Å². The number of aromatic amines is 1. The first kappa shape index (κ1) is 14.8. The SMILES string of the molecule is C=C/C(=C(\C=C/C)c1ccc2ccc3[nH]ccc3c2c1)[N+](=O)[O-]. The Balaban J connectivity index is 2.33. The van der Waals surface area contributed by atoms with Crippen molar-refractivity contribution < 1.29 is 4.92 Å². The van der Waals surface area contributed by atoms with E-state index in [0.717, 1.165) is 27.2 Å². The van der Waals surface area contributed by atoms with Crippen LogP contribution in [0.3, 0.4) is 0 Å². The third-order valence-electron chi connectivity index (χ3n) is 3.86. The molecule has 2 aromatic carbocycles. The van der Waals surface area contributed by atoms with Crippen molar-refractivity contribution in [2.45, 2.75) is 6.92 Å². The van der Waals surface area contributed by atoms with Crippen LogP contribution in [0, 0.1) is 10.1 Å². The second-order valence-electron chi connectivity index (χ2n) is 5.20. The van der Waals surface area contributed by atoms with Crippen LogP contribution < -0.4 is 0 Å². The Hall–Kier alpha value is -3.14. The van der Waals surface area contributed by atoms with E-state index >= 15 is 0 Å². The van der Waals surface area contributed by atoms with Crippen molar-refractivity contribution in [3.63, 3.8) is 0 Å². The maximum atomic E-state index is 11.3. The van der Waals surface area contributed by atoms with Gasteiger partial charge in [-0.2, -0.15) is 0 Å². The van der Waals surface area contributed by atoms with E-state index in [4.69, 9.17) is 0 Å². The highest BCUT2D eigenvalue weighted by molar-refractivity contribution is 6.07. The van der Waals surface area contributed by atoms with Crippen LogP contribution in [0.1, 0.15) is 12.5 Å². The number of hydrogen-bond acceptors (Lipinski definition) is 2. The molecule has 0 saturated carbocycles. The van der Waals surface area contributed by atoms with Crippen LogP contribution in [0.15, 0.2) is 73.1 Å². The minimum atomic E-state index is -0.399. The molecule has 1 heterocycles. The first-order valence-corrected chi connectivity index (χ1v) is 7.29. The molecule has 3 aromatic rings. The summed E-state index contributed by atoms with van der Waals surface area (Å²) >= 11 is 0. The van der Waals surface area contributed by atoms with Gasteiger partial charge in [0.2, 0.25) is 0 Å². The topological polar surface area (TPSA) is 58.9 Å². The molecule has 0 atom stereocenters. The second kappa shape index (κ2) is 5.93. The van der Waals surface area contributed by atoms with Crippen LogP contribution in [-0.2, 0) is 0 Å². The molecule has 0 bridgehead atoms. The van der Waals surface area contributed by atoms with Gasteiger partial charge in [0.25, 0.3) is 5.70 Å². The fourth-order valence-electron chi connectivity index (χ4n) is 2.81. The molecule has 0 amide bonds. The van der Waals surface area contributed by atoms with E-state index in [0.29, 0.717) is 5.57 Å². The van der Waals surface area contributed by atoms with Crippen molar-refractivity contribution in [2.24, 2.45) is 0 Å². The summed E-state index contributed by atoms with van der Waals surface area (Å²) in [5.41, 5.74) is 2.41. The van der Waals surface area contributed by atoms with E-state index in [9.17, 15) is 10.1 Å². The molecule has 0 saturated heterocycles. The summed E-state index contributed by atoms with van der Waals surface area (Å²) in [4.78, 5) is 14.1. The van der Waals surface area contributed by atoms with Gasteiger partial charge in [0.05, 0.1) is 10.5 Å². The van der Waals surface area contributed by atoms with Gasteiger partial charge in [-0.3, -0.25) is 10.1 Å². The zero-order chi connectivity index (χ0) is 16.4. The maximum Gasteiger partial charge on any atom is 0.276 e. The lowest BCUT2D eigenvalue weighted by atomic mass is 9.97. The van der Waals surface area contributed by atoms with Crippen molar-refractivity contribution in [1.29, 1.82) is 0 Å². The van der Waals surface area contributed by atoms with Crippen molar-refractivity contribution in [3.8, 4) is 0 Å². The molecule has 114 valence electrons. The second-order valence-corrected chi connectivity index (χ2v) is 5.20. The average Bonchev–Trinajstić information content (AvgIpc) is 3.03. The minimum Gasteiger partial charge on any atom is -0.361 e. The van der Waals surface area contributed by atoms with Crippen LogP contribution in [0.2, 0.25) is 0 Å². The predicted molar refractivity (Wildman–Crippen MR) is 94.7 cm³/mol. The van der Waals surface area contributed by atoms with E-state index in [-0.39, 0.29) is 5.70 Å². The Morgan fingerprint density at radius 3 is 2.70 bits per heavy atom. The van der Waals surface area contributed by atoms with E-state index in [1.807, 2.05) is 49.5 Å². The Morgan fingerprint density at radius 1 is 1.22 bits per heavy atom. The third-order valence-corrected chi connectivity index (χ3v) is 3.86. The lowest BCUT2D eigenvalue weighted by Crippen LogP contribution is -1.99. The Morgan fingerprint density at radius 2 is 2.00 bits per heavy atom. The summed E-state index contributed by atoms with van der Waals surface area (Å²) in [7, 11) is 0. The molecule has 0 aliphatic rings. The van der Waals surface area contributed by atoms with Crippen LogP contribution >= 0.6 is 0 Å². The van der Waals surface area contributed by atoms with Gasteiger partial charge in [-0.15, -0.1) is 0 Å². The number of aromatic nitrogens is 1. The molecule has 0 fully saturated rings. The van der Waals surface area contributed by atoms with Gasteiger partial charge in [-0.25, -0.2) is 0 Å². The molecule has 0 unspecified atom stereocenters. The Labute approximate surface area is 133 Å². The lowest BCUT2D eigenvalue weighted by Gasteiger charge is -2.07. The lowest BCUT2D eigenvalue weighted by molar-refractivity contribution is -0.417. The maximum absolute atomic E-state index is 11.3. The number of fused-ring (bicyclic) bond motifs is 3. The number of benzene rings is 2. The fourth-order valence-corrected chi connectivity index (χ4v) is 2.81. The van der Waals surface area contributed by atoms with Crippen LogP contribution in [-0.4, -0.2) is 9.91 Å². The zero-order valence-corrected chi connectivity index (χ0v) is 12.7. The molecule has 0 aliphatic carbocycles. The molecule has 4 nitrogen and oxygen atoms in total. The molecular weight excluding hydrogens is 288 g/mol. The quantitative estimate of drug-likeness (QED) is 0.415. The summed E-state index contributed by atoms with van der Waals surface area (Å²) in [5.74, 6) is 0. The number of nitrogens with zero attached hydrogens (tertiary/aromatic N) is 1. The van der Waals surface area contributed by atoms with Gasteiger partial charge < -0.3 is 4.98 Å². The van der Waals surface area contributed by atoms with Crippen molar-refractivity contribution in [3.05, 3.63) is 88.8 Å². The summed E-state index contributed by atoms with van der Waals surface area (Å²) in [6, 6.07) is 12.0. The van der Waals surface area contributed by atoms with Crippen molar-refractivity contribution in [2.75, 3.05) is 0 Å².